The molecule has 1 heterocycles. The maximum Gasteiger partial charge on any atom is 0.251 e. The summed E-state index contributed by atoms with van der Waals surface area (Å²) in [6.45, 7) is 2.87. The second-order valence-electron chi connectivity index (χ2n) is 4.62. The summed E-state index contributed by atoms with van der Waals surface area (Å²) in [5.74, 6) is 0.194. The monoisotopic (exact) mass is 396 g/mol. The standard InChI is InChI=1S/C16H17BrN2O3S/c1-2-22-12-5-3-11(4-6-12)16(21)19-10-15(20)18-9-13-7-8-14(17)23-13/h3-8H,2,9-10H2,1H3,(H,18,20)(H,19,21). The van der Waals surface area contributed by atoms with Gasteiger partial charge in [0.1, 0.15) is 5.75 Å². The van der Waals surface area contributed by atoms with Crippen LogP contribution in [0.2, 0.25) is 0 Å². The maximum atomic E-state index is 12.0. The minimum Gasteiger partial charge on any atom is -0.494 e. The summed E-state index contributed by atoms with van der Waals surface area (Å²) < 4.78 is 6.34. The van der Waals surface area contributed by atoms with Crippen LogP contribution in [0.1, 0.15) is 22.2 Å². The highest BCUT2D eigenvalue weighted by Gasteiger charge is 2.08. The van der Waals surface area contributed by atoms with E-state index in [1.807, 2.05) is 19.1 Å². The molecular formula is C16H17BrN2O3S. The fourth-order valence-electron chi connectivity index (χ4n) is 1.83. The molecule has 0 unspecified atom stereocenters. The lowest BCUT2D eigenvalue weighted by atomic mass is 10.2. The highest BCUT2D eigenvalue weighted by Crippen LogP contribution is 2.21. The normalized spacial score (nSPS) is 10.2. The first-order chi connectivity index (χ1) is 11.1. The highest BCUT2D eigenvalue weighted by atomic mass is 79.9. The first-order valence-corrected chi connectivity index (χ1v) is 8.71. The lowest BCUT2D eigenvalue weighted by molar-refractivity contribution is -0.120. The second kappa shape index (κ2) is 8.69. The van der Waals surface area contributed by atoms with E-state index < -0.39 is 0 Å². The molecule has 1 aromatic carbocycles. The van der Waals surface area contributed by atoms with E-state index in [0.717, 1.165) is 8.66 Å². The molecule has 2 amide bonds. The lowest BCUT2D eigenvalue weighted by Gasteiger charge is -2.07. The molecule has 1 aromatic heterocycles. The van der Waals surface area contributed by atoms with Crippen LogP contribution in [0.25, 0.3) is 0 Å². The van der Waals surface area contributed by atoms with Crippen molar-refractivity contribution in [2.75, 3.05) is 13.2 Å². The molecule has 2 aromatic rings. The van der Waals surface area contributed by atoms with Crippen molar-refractivity contribution in [2.24, 2.45) is 0 Å². The van der Waals surface area contributed by atoms with Gasteiger partial charge in [0, 0.05) is 10.4 Å². The average Bonchev–Trinajstić information content (AvgIpc) is 2.97. The third-order valence-electron chi connectivity index (χ3n) is 2.93. The predicted molar refractivity (Wildman–Crippen MR) is 93.8 cm³/mol. The van der Waals surface area contributed by atoms with Crippen LogP contribution in [0.15, 0.2) is 40.2 Å². The smallest absolute Gasteiger partial charge is 0.251 e. The van der Waals surface area contributed by atoms with Crippen molar-refractivity contribution in [2.45, 2.75) is 13.5 Å². The van der Waals surface area contributed by atoms with E-state index in [0.29, 0.717) is 24.5 Å². The predicted octanol–water partition coefficient (Wildman–Crippen LogP) is 2.96. The summed E-state index contributed by atoms with van der Waals surface area (Å²) in [7, 11) is 0. The van der Waals surface area contributed by atoms with Gasteiger partial charge in [0.05, 0.1) is 23.5 Å². The van der Waals surface area contributed by atoms with Gasteiger partial charge >= 0.3 is 0 Å². The Balaban J connectivity index is 1.75. The van der Waals surface area contributed by atoms with Gasteiger partial charge in [-0.1, -0.05) is 0 Å². The fraction of sp³-hybridized carbons (Fsp3) is 0.250. The van der Waals surface area contributed by atoms with Crippen LogP contribution in [0.3, 0.4) is 0 Å². The van der Waals surface area contributed by atoms with E-state index in [2.05, 4.69) is 26.6 Å². The number of nitrogens with one attached hydrogen (secondary N) is 2. The number of benzene rings is 1. The summed E-state index contributed by atoms with van der Waals surface area (Å²) in [4.78, 5) is 24.7. The summed E-state index contributed by atoms with van der Waals surface area (Å²) >= 11 is 4.93. The van der Waals surface area contributed by atoms with E-state index in [1.54, 1.807) is 35.6 Å². The number of halogens is 1. The van der Waals surface area contributed by atoms with E-state index in [9.17, 15) is 9.59 Å². The summed E-state index contributed by atoms with van der Waals surface area (Å²) in [5.41, 5.74) is 0.489. The molecule has 0 radical (unpaired) electrons. The Morgan fingerprint density at radius 1 is 1.13 bits per heavy atom. The number of hydrogen-bond donors (Lipinski definition) is 2. The van der Waals surface area contributed by atoms with Crippen molar-refractivity contribution < 1.29 is 14.3 Å². The van der Waals surface area contributed by atoms with Crippen LogP contribution >= 0.6 is 27.3 Å². The average molecular weight is 397 g/mol. The summed E-state index contributed by atoms with van der Waals surface area (Å²) in [5, 5.41) is 5.35. The van der Waals surface area contributed by atoms with Crippen molar-refractivity contribution >= 4 is 39.1 Å². The molecule has 122 valence electrons. The van der Waals surface area contributed by atoms with Gasteiger partial charge in [0.15, 0.2) is 0 Å². The van der Waals surface area contributed by atoms with Gasteiger partial charge in [-0.3, -0.25) is 9.59 Å². The topological polar surface area (TPSA) is 67.4 Å². The number of amides is 2. The molecule has 0 atom stereocenters. The Morgan fingerprint density at radius 2 is 1.87 bits per heavy atom. The number of ether oxygens (including phenoxy) is 1. The second-order valence-corrected chi connectivity index (χ2v) is 7.17. The zero-order valence-corrected chi connectivity index (χ0v) is 15.0. The molecule has 0 bridgehead atoms. The number of carbonyl (C=O) groups is 2. The molecule has 0 saturated carbocycles. The zero-order chi connectivity index (χ0) is 16.7. The molecule has 5 nitrogen and oxygen atoms in total. The Bertz CT molecular complexity index is 670. The van der Waals surface area contributed by atoms with Crippen LogP contribution in [0.5, 0.6) is 5.75 Å². The summed E-state index contributed by atoms with van der Waals surface area (Å²) in [6, 6.07) is 10.7. The highest BCUT2D eigenvalue weighted by molar-refractivity contribution is 9.11. The van der Waals surface area contributed by atoms with Gasteiger partial charge in [-0.25, -0.2) is 0 Å². The zero-order valence-electron chi connectivity index (χ0n) is 12.6. The van der Waals surface area contributed by atoms with E-state index >= 15 is 0 Å². The third kappa shape index (κ3) is 5.69. The fourth-order valence-corrected chi connectivity index (χ4v) is 3.25. The Hall–Kier alpha value is -1.86. The van der Waals surface area contributed by atoms with Crippen molar-refractivity contribution in [1.29, 1.82) is 0 Å². The minimum absolute atomic E-state index is 0.0570. The number of hydrogen-bond acceptors (Lipinski definition) is 4. The lowest BCUT2D eigenvalue weighted by Crippen LogP contribution is -2.36. The molecule has 2 rings (SSSR count). The van der Waals surface area contributed by atoms with Gasteiger partial charge in [-0.05, 0) is 59.3 Å². The molecule has 0 aliphatic rings. The van der Waals surface area contributed by atoms with Crippen LogP contribution in [-0.2, 0) is 11.3 Å². The van der Waals surface area contributed by atoms with Crippen molar-refractivity contribution in [3.63, 3.8) is 0 Å². The first kappa shape index (κ1) is 17.5. The number of thiophene rings is 1. The maximum absolute atomic E-state index is 12.0. The van der Waals surface area contributed by atoms with Gasteiger partial charge in [-0.2, -0.15) is 0 Å². The Labute approximate surface area is 147 Å². The Morgan fingerprint density at radius 3 is 2.48 bits per heavy atom. The van der Waals surface area contributed by atoms with Crippen molar-refractivity contribution in [3.8, 4) is 5.75 Å². The molecule has 0 aliphatic heterocycles. The van der Waals surface area contributed by atoms with Gasteiger partial charge in [0.25, 0.3) is 5.91 Å². The molecule has 0 spiro atoms. The van der Waals surface area contributed by atoms with E-state index in [1.165, 1.54) is 0 Å². The minimum atomic E-state index is -0.290. The van der Waals surface area contributed by atoms with Crippen molar-refractivity contribution in [3.05, 3.63) is 50.6 Å². The molecule has 23 heavy (non-hydrogen) atoms. The first-order valence-electron chi connectivity index (χ1n) is 7.10. The molecular weight excluding hydrogens is 380 g/mol. The quantitative estimate of drug-likeness (QED) is 0.755. The molecule has 0 aliphatic carbocycles. The van der Waals surface area contributed by atoms with E-state index in [-0.39, 0.29) is 18.4 Å². The Kier molecular flexibility index (Phi) is 6.61. The van der Waals surface area contributed by atoms with Gasteiger partial charge in [0.2, 0.25) is 5.91 Å². The van der Waals surface area contributed by atoms with Gasteiger partial charge in [-0.15, -0.1) is 11.3 Å². The summed E-state index contributed by atoms with van der Waals surface area (Å²) in [6.07, 6.45) is 0. The molecule has 2 N–H and O–H groups in total. The molecule has 7 heteroatoms. The number of rotatable bonds is 7. The van der Waals surface area contributed by atoms with Crippen LogP contribution in [-0.4, -0.2) is 25.0 Å². The third-order valence-corrected chi connectivity index (χ3v) is 4.55. The molecule has 0 saturated heterocycles. The van der Waals surface area contributed by atoms with E-state index in [4.69, 9.17) is 4.74 Å². The van der Waals surface area contributed by atoms with Crippen LogP contribution in [0, 0.1) is 0 Å². The van der Waals surface area contributed by atoms with Crippen LogP contribution in [0.4, 0.5) is 0 Å². The van der Waals surface area contributed by atoms with Gasteiger partial charge < -0.3 is 15.4 Å². The van der Waals surface area contributed by atoms with Crippen molar-refractivity contribution in [1.82, 2.24) is 10.6 Å². The molecule has 0 fully saturated rings. The van der Waals surface area contributed by atoms with Crippen LogP contribution < -0.4 is 15.4 Å². The number of carbonyl (C=O) groups excluding carboxylic acids is 2. The largest absolute Gasteiger partial charge is 0.494 e. The SMILES string of the molecule is CCOc1ccc(C(=O)NCC(=O)NCc2ccc(Br)s2)cc1.